The molecule has 0 spiro atoms. The molecule has 78 valence electrons. The molecule has 0 amide bonds. The van der Waals surface area contributed by atoms with Crippen molar-refractivity contribution >= 4 is 5.82 Å². The highest BCUT2D eigenvalue weighted by molar-refractivity contribution is 5.48. The van der Waals surface area contributed by atoms with Gasteiger partial charge < -0.3 is 5.32 Å². The Hall–Kier alpha value is -0.990. The van der Waals surface area contributed by atoms with E-state index >= 15 is 0 Å². The lowest BCUT2D eigenvalue weighted by Crippen LogP contribution is -2.04. The predicted molar refractivity (Wildman–Crippen MR) is 58.6 cm³/mol. The highest BCUT2D eigenvalue weighted by atomic mass is 15.3. The Balaban J connectivity index is 2.34. The Kier molecular flexibility index (Phi) is 2.75. The van der Waals surface area contributed by atoms with Crippen molar-refractivity contribution in [2.75, 3.05) is 11.9 Å². The van der Waals surface area contributed by atoms with Crippen LogP contribution >= 0.6 is 0 Å². The summed E-state index contributed by atoms with van der Waals surface area (Å²) in [5, 5.41) is 8.05. The molecular formula is C11H19N3. The van der Waals surface area contributed by atoms with Crippen molar-refractivity contribution in [1.29, 1.82) is 0 Å². The van der Waals surface area contributed by atoms with E-state index in [0.717, 1.165) is 13.0 Å². The zero-order valence-corrected chi connectivity index (χ0v) is 9.14. The zero-order chi connectivity index (χ0) is 9.97. The van der Waals surface area contributed by atoms with Gasteiger partial charge in [-0.3, -0.25) is 4.68 Å². The van der Waals surface area contributed by atoms with Gasteiger partial charge in [0.25, 0.3) is 0 Å². The van der Waals surface area contributed by atoms with Crippen molar-refractivity contribution in [3.63, 3.8) is 0 Å². The molecule has 1 aromatic rings. The standard InChI is InChI=1S/C11H19N3/c1-3-6-10-9-7-4-5-8-12-11(9)14(2)13-10/h12H,3-8H2,1-2H3. The minimum absolute atomic E-state index is 1.10. The van der Waals surface area contributed by atoms with Gasteiger partial charge in [0.15, 0.2) is 0 Å². The van der Waals surface area contributed by atoms with Crippen LogP contribution in [0.5, 0.6) is 0 Å². The van der Waals surface area contributed by atoms with Gasteiger partial charge in [-0.05, 0) is 25.7 Å². The molecule has 3 heteroatoms. The topological polar surface area (TPSA) is 29.9 Å². The van der Waals surface area contributed by atoms with E-state index in [1.165, 1.54) is 42.8 Å². The van der Waals surface area contributed by atoms with Gasteiger partial charge in [-0.25, -0.2) is 0 Å². The number of aromatic nitrogens is 2. The fourth-order valence-corrected chi connectivity index (χ4v) is 2.18. The molecule has 0 bridgehead atoms. The second-order valence-electron chi connectivity index (χ2n) is 4.03. The fraction of sp³-hybridized carbons (Fsp3) is 0.727. The van der Waals surface area contributed by atoms with Crippen molar-refractivity contribution in [3.8, 4) is 0 Å². The lowest BCUT2D eigenvalue weighted by Gasteiger charge is -2.03. The molecule has 0 saturated heterocycles. The van der Waals surface area contributed by atoms with Crippen molar-refractivity contribution in [2.45, 2.75) is 39.0 Å². The fourth-order valence-electron chi connectivity index (χ4n) is 2.18. The molecule has 3 nitrogen and oxygen atoms in total. The largest absolute Gasteiger partial charge is 0.370 e. The number of aryl methyl sites for hydroxylation is 2. The van der Waals surface area contributed by atoms with Gasteiger partial charge in [0.1, 0.15) is 5.82 Å². The van der Waals surface area contributed by atoms with Crippen LogP contribution in [0, 0.1) is 0 Å². The van der Waals surface area contributed by atoms with Crippen LogP contribution in [-0.4, -0.2) is 16.3 Å². The van der Waals surface area contributed by atoms with Crippen LogP contribution in [0.2, 0.25) is 0 Å². The Morgan fingerprint density at radius 3 is 3.07 bits per heavy atom. The second kappa shape index (κ2) is 4.03. The summed E-state index contributed by atoms with van der Waals surface area (Å²) in [7, 11) is 2.04. The van der Waals surface area contributed by atoms with E-state index in [0.29, 0.717) is 0 Å². The molecule has 1 aromatic heterocycles. The summed E-state index contributed by atoms with van der Waals surface area (Å²) in [5.41, 5.74) is 2.77. The third kappa shape index (κ3) is 1.63. The van der Waals surface area contributed by atoms with Gasteiger partial charge in [0, 0.05) is 19.2 Å². The normalized spacial score (nSPS) is 15.9. The highest BCUT2D eigenvalue weighted by Crippen LogP contribution is 2.24. The first-order valence-electron chi connectivity index (χ1n) is 5.61. The van der Waals surface area contributed by atoms with Crippen molar-refractivity contribution in [2.24, 2.45) is 7.05 Å². The van der Waals surface area contributed by atoms with E-state index in [-0.39, 0.29) is 0 Å². The molecule has 2 rings (SSSR count). The van der Waals surface area contributed by atoms with E-state index in [9.17, 15) is 0 Å². The summed E-state index contributed by atoms with van der Waals surface area (Å²) in [4.78, 5) is 0. The molecule has 1 aliphatic heterocycles. The van der Waals surface area contributed by atoms with E-state index in [4.69, 9.17) is 0 Å². The molecule has 0 aliphatic carbocycles. The lowest BCUT2D eigenvalue weighted by atomic mass is 10.1. The summed E-state index contributed by atoms with van der Waals surface area (Å²) in [6.07, 6.45) is 6.07. The van der Waals surface area contributed by atoms with E-state index in [1.54, 1.807) is 0 Å². The molecule has 1 N–H and O–H groups in total. The molecular weight excluding hydrogens is 174 g/mol. The van der Waals surface area contributed by atoms with Gasteiger partial charge in [-0.1, -0.05) is 13.3 Å². The maximum Gasteiger partial charge on any atom is 0.127 e. The van der Waals surface area contributed by atoms with Crippen LogP contribution in [-0.2, 0) is 19.9 Å². The van der Waals surface area contributed by atoms with Crippen molar-refractivity contribution in [1.82, 2.24) is 9.78 Å². The minimum Gasteiger partial charge on any atom is -0.370 e. The number of hydrogen-bond acceptors (Lipinski definition) is 2. The maximum atomic E-state index is 4.58. The maximum absolute atomic E-state index is 4.58. The van der Waals surface area contributed by atoms with Crippen LogP contribution in [0.25, 0.3) is 0 Å². The number of fused-ring (bicyclic) bond motifs is 1. The minimum atomic E-state index is 1.10. The van der Waals surface area contributed by atoms with E-state index in [1.807, 2.05) is 11.7 Å². The average Bonchev–Trinajstić information content (AvgIpc) is 2.41. The number of anilines is 1. The summed E-state index contributed by atoms with van der Waals surface area (Å²) >= 11 is 0. The van der Waals surface area contributed by atoms with Gasteiger partial charge in [0.2, 0.25) is 0 Å². The van der Waals surface area contributed by atoms with Crippen molar-refractivity contribution < 1.29 is 0 Å². The van der Waals surface area contributed by atoms with Gasteiger partial charge in [-0.15, -0.1) is 0 Å². The Bertz CT molecular complexity index is 315. The molecule has 2 heterocycles. The molecule has 14 heavy (non-hydrogen) atoms. The molecule has 0 fully saturated rings. The van der Waals surface area contributed by atoms with Gasteiger partial charge in [0.05, 0.1) is 5.69 Å². The zero-order valence-electron chi connectivity index (χ0n) is 9.14. The van der Waals surface area contributed by atoms with Gasteiger partial charge in [-0.2, -0.15) is 5.10 Å². The summed E-state index contributed by atoms with van der Waals surface area (Å²) in [6.45, 7) is 3.31. The molecule has 0 atom stereocenters. The SMILES string of the molecule is CCCc1nn(C)c2c1CCCCN2. The Labute approximate surface area is 85.5 Å². The first kappa shape index (κ1) is 9.56. The predicted octanol–water partition coefficient (Wildman–Crippen LogP) is 2.12. The van der Waals surface area contributed by atoms with E-state index in [2.05, 4.69) is 17.3 Å². The van der Waals surface area contributed by atoms with E-state index < -0.39 is 0 Å². The Morgan fingerprint density at radius 2 is 2.29 bits per heavy atom. The molecule has 0 saturated carbocycles. The third-order valence-electron chi connectivity index (χ3n) is 2.86. The average molecular weight is 193 g/mol. The lowest BCUT2D eigenvalue weighted by molar-refractivity contribution is 0.719. The van der Waals surface area contributed by atoms with Crippen molar-refractivity contribution in [3.05, 3.63) is 11.3 Å². The van der Waals surface area contributed by atoms with Crippen LogP contribution in [0.15, 0.2) is 0 Å². The summed E-state index contributed by atoms with van der Waals surface area (Å²) in [5.74, 6) is 1.26. The van der Waals surface area contributed by atoms with Crippen LogP contribution in [0.4, 0.5) is 5.82 Å². The number of nitrogens with zero attached hydrogens (tertiary/aromatic N) is 2. The number of rotatable bonds is 2. The second-order valence-corrected chi connectivity index (χ2v) is 4.03. The molecule has 0 unspecified atom stereocenters. The quantitative estimate of drug-likeness (QED) is 0.779. The molecule has 1 aliphatic rings. The Morgan fingerprint density at radius 1 is 1.43 bits per heavy atom. The number of nitrogens with one attached hydrogen (secondary N) is 1. The third-order valence-corrected chi connectivity index (χ3v) is 2.86. The van der Waals surface area contributed by atoms with Gasteiger partial charge >= 0.3 is 0 Å². The smallest absolute Gasteiger partial charge is 0.127 e. The van der Waals surface area contributed by atoms with Crippen LogP contribution < -0.4 is 5.32 Å². The monoisotopic (exact) mass is 193 g/mol. The first-order valence-corrected chi connectivity index (χ1v) is 5.61. The summed E-state index contributed by atoms with van der Waals surface area (Å²) in [6, 6.07) is 0. The van der Waals surface area contributed by atoms with Crippen LogP contribution in [0.1, 0.15) is 37.4 Å². The molecule has 0 radical (unpaired) electrons. The van der Waals surface area contributed by atoms with Crippen LogP contribution in [0.3, 0.4) is 0 Å². The highest BCUT2D eigenvalue weighted by Gasteiger charge is 2.16. The first-order chi connectivity index (χ1) is 6.83. The number of hydrogen-bond donors (Lipinski definition) is 1. The molecule has 0 aromatic carbocycles. The summed E-state index contributed by atoms with van der Waals surface area (Å²) < 4.78 is 2.01.